The topological polar surface area (TPSA) is 17.1 Å². The molecular formula is C18H20O. The van der Waals surface area contributed by atoms with Crippen LogP contribution in [-0.4, -0.2) is 5.78 Å². The van der Waals surface area contributed by atoms with E-state index >= 15 is 0 Å². The predicted molar refractivity (Wildman–Crippen MR) is 79.8 cm³/mol. The Bertz CT molecular complexity index is 566. The van der Waals surface area contributed by atoms with Gasteiger partial charge in [-0.2, -0.15) is 0 Å². The molecule has 1 nitrogen and oxygen atoms in total. The van der Waals surface area contributed by atoms with Crippen molar-refractivity contribution in [1.29, 1.82) is 0 Å². The highest BCUT2D eigenvalue weighted by atomic mass is 16.1. The van der Waals surface area contributed by atoms with E-state index in [0.717, 1.165) is 23.1 Å². The third-order valence-corrected chi connectivity index (χ3v) is 3.74. The van der Waals surface area contributed by atoms with Crippen molar-refractivity contribution in [2.45, 2.75) is 33.1 Å². The van der Waals surface area contributed by atoms with Crippen molar-refractivity contribution in [3.8, 4) is 0 Å². The smallest absolute Gasteiger partial charge is 0.193 e. The molecule has 2 rings (SSSR count). The first-order chi connectivity index (χ1) is 9.13. The molecule has 1 atom stereocenters. The van der Waals surface area contributed by atoms with Crippen LogP contribution in [0.3, 0.4) is 0 Å². The van der Waals surface area contributed by atoms with Gasteiger partial charge in [0.05, 0.1) is 0 Å². The highest BCUT2D eigenvalue weighted by Crippen LogP contribution is 2.20. The number of benzene rings is 2. The highest BCUT2D eigenvalue weighted by Gasteiger charge is 2.11. The van der Waals surface area contributed by atoms with Gasteiger partial charge in [-0.3, -0.25) is 4.79 Å². The molecule has 0 saturated carbocycles. The zero-order valence-electron chi connectivity index (χ0n) is 11.8. The van der Waals surface area contributed by atoms with Gasteiger partial charge >= 0.3 is 0 Å². The van der Waals surface area contributed by atoms with Crippen LogP contribution in [0.15, 0.2) is 48.5 Å². The lowest BCUT2D eigenvalue weighted by Gasteiger charge is -2.10. The summed E-state index contributed by atoms with van der Waals surface area (Å²) in [6.45, 7) is 6.36. The van der Waals surface area contributed by atoms with Crippen LogP contribution in [0.1, 0.15) is 53.2 Å². The normalized spacial score (nSPS) is 12.2. The van der Waals surface area contributed by atoms with E-state index < -0.39 is 0 Å². The summed E-state index contributed by atoms with van der Waals surface area (Å²) in [5.74, 6) is 0.649. The average molecular weight is 252 g/mol. The van der Waals surface area contributed by atoms with E-state index in [9.17, 15) is 4.79 Å². The minimum absolute atomic E-state index is 0.105. The first-order valence-electron chi connectivity index (χ1n) is 6.83. The van der Waals surface area contributed by atoms with Crippen LogP contribution in [0.2, 0.25) is 0 Å². The molecule has 2 aromatic rings. The van der Waals surface area contributed by atoms with Gasteiger partial charge in [0, 0.05) is 11.1 Å². The fourth-order valence-electron chi connectivity index (χ4n) is 2.18. The lowest BCUT2D eigenvalue weighted by Crippen LogP contribution is -2.03. The first kappa shape index (κ1) is 13.5. The Balaban J connectivity index is 2.28. The van der Waals surface area contributed by atoms with Crippen molar-refractivity contribution in [3.05, 3.63) is 70.8 Å². The second-order valence-corrected chi connectivity index (χ2v) is 5.08. The number of hydrogen-bond donors (Lipinski definition) is 0. The van der Waals surface area contributed by atoms with Crippen LogP contribution in [0.25, 0.3) is 0 Å². The predicted octanol–water partition coefficient (Wildman–Crippen LogP) is 4.74. The van der Waals surface area contributed by atoms with Crippen LogP contribution in [0.4, 0.5) is 0 Å². The number of hydrogen-bond acceptors (Lipinski definition) is 1. The zero-order valence-corrected chi connectivity index (χ0v) is 11.8. The van der Waals surface area contributed by atoms with E-state index in [1.54, 1.807) is 0 Å². The summed E-state index contributed by atoms with van der Waals surface area (Å²) in [5, 5.41) is 0. The van der Waals surface area contributed by atoms with Crippen molar-refractivity contribution in [2.75, 3.05) is 0 Å². The van der Waals surface area contributed by atoms with E-state index in [1.807, 2.05) is 43.3 Å². The summed E-state index contributed by atoms with van der Waals surface area (Å²) in [5.41, 5.74) is 3.88. The SMILES string of the molecule is CCC(C)c1ccc(C(=O)c2ccccc2C)cc1. The number of carbonyl (C=O) groups is 1. The van der Waals surface area contributed by atoms with Gasteiger partial charge in [-0.1, -0.05) is 62.4 Å². The fraction of sp³-hybridized carbons (Fsp3) is 0.278. The molecule has 0 radical (unpaired) electrons. The summed E-state index contributed by atoms with van der Waals surface area (Å²) in [6.07, 6.45) is 1.12. The first-order valence-corrected chi connectivity index (χ1v) is 6.83. The molecule has 1 heteroatoms. The molecule has 0 aromatic heterocycles. The second kappa shape index (κ2) is 5.83. The fourth-order valence-corrected chi connectivity index (χ4v) is 2.18. The van der Waals surface area contributed by atoms with Crippen molar-refractivity contribution < 1.29 is 4.79 Å². The summed E-state index contributed by atoms with van der Waals surface area (Å²) < 4.78 is 0. The molecule has 0 aliphatic rings. The van der Waals surface area contributed by atoms with Crippen molar-refractivity contribution in [1.82, 2.24) is 0 Å². The minimum atomic E-state index is 0.105. The van der Waals surface area contributed by atoms with Crippen LogP contribution >= 0.6 is 0 Å². The molecule has 0 fully saturated rings. The zero-order chi connectivity index (χ0) is 13.8. The standard InChI is InChI=1S/C18H20O/c1-4-13(2)15-9-11-16(12-10-15)18(19)17-8-6-5-7-14(17)3/h5-13H,4H2,1-3H3. The van der Waals surface area contributed by atoms with Crippen LogP contribution in [0, 0.1) is 6.92 Å². The number of rotatable bonds is 4. The van der Waals surface area contributed by atoms with Crippen molar-refractivity contribution in [2.24, 2.45) is 0 Å². The summed E-state index contributed by atoms with van der Waals surface area (Å²) in [7, 11) is 0. The van der Waals surface area contributed by atoms with Gasteiger partial charge in [0.25, 0.3) is 0 Å². The molecule has 0 N–H and O–H groups in total. The second-order valence-electron chi connectivity index (χ2n) is 5.08. The molecule has 0 heterocycles. The van der Waals surface area contributed by atoms with Gasteiger partial charge in [0.2, 0.25) is 0 Å². The molecule has 0 spiro atoms. The molecular weight excluding hydrogens is 232 g/mol. The Morgan fingerprint density at radius 3 is 2.26 bits per heavy atom. The Kier molecular flexibility index (Phi) is 4.16. The quantitative estimate of drug-likeness (QED) is 0.718. The molecule has 0 aliphatic heterocycles. The minimum Gasteiger partial charge on any atom is -0.289 e. The van der Waals surface area contributed by atoms with Crippen LogP contribution in [0.5, 0.6) is 0 Å². The van der Waals surface area contributed by atoms with E-state index in [-0.39, 0.29) is 5.78 Å². The summed E-state index contributed by atoms with van der Waals surface area (Å²) >= 11 is 0. The number of aryl methyl sites for hydroxylation is 1. The molecule has 0 bridgehead atoms. The summed E-state index contributed by atoms with van der Waals surface area (Å²) in [6, 6.07) is 15.7. The molecule has 0 saturated heterocycles. The van der Waals surface area contributed by atoms with Crippen LogP contribution in [-0.2, 0) is 0 Å². The third-order valence-electron chi connectivity index (χ3n) is 3.74. The van der Waals surface area contributed by atoms with E-state index in [1.165, 1.54) is 5.56 Å². The summed E-state index contributed by atoms with van der Waals surface area (Å²) in [4.78, 5) is 12.4. The lowest BCUT2D eigenvalue weighted by atomic mass is 9.94. The van der Waals surface area contributed by atoms with Gasteiger partial charge in [-0.15, -0.1) is 0 Å². The highest BCUT2D eigenvalue weighted by molar-refractivity contribution is 6.09. The Morgan fingerprint density at radius 1 is 1.05 bits per heavy atom. The maximum Gasteiger partial charge on any atom is 0.193 e. The van der Waals surface area contributed by atoms with Gasteiger partial charge in [0.15, 0.2) is 5.78 Å². The Labute approximate surface area is 115 Å². The lowest BCUT2D eigenvalue weighted by molar-refractivity contribution is 0.103. The van der Waals surface area contributed by atoms with Gasteiger partial charge in [0.1, 0.15) is 0 Å². The third kappa shape index (κ3) is 2.93. The molecule has 1 unspecified atom stereocenters. The van der Waals surface area contributed by atoms with Gasteiger partial charge < -0.3 is 0 Å². The monoisotopic (exact) mass is 252 g/mol. The van der Waals surface area contributed by atoms with Crippen molar-refractivity contribution in [3.63, 3.8) is 0 Å². The van der Waals surface area contributed by atoms with Gasteiger partial charge in [-0.25, -0.2) is 0 Å². The molecule has 98 valence electrons. The molecule has 2 aromatic carbocycles. The Hall–Kier alpha value is -1.89. The molecule has 0 aliphatic carbocycles. The van der Waals surface area contributed by atoms with Crippen LogP contribution < -0.4 is 0 Å². The van der Waals surface area contributed by atoms with E-state index in [0.29, 0.717) is 5.92 Å². The number of carbonyl (C=O) groups excluding carboxylic acids is 1. The maximum atomic E-state index is 12.4. The molecule has 0 amide bonds. The van der Waals surface area contributed by atoms with Gasteiger partial charge in [-0.05, 0) is 30.4 Å². The van der Waals surface area contributed by atoms with Crippen molar-refractivity contribution >= 4 is 5.78 Å². The van der Waals surface area contributed by atoms with E-state index in [4.69, 9.17) is 0 Å². The Morgan fingerprint density at radius 2 is 1.68 bits per heavy atom. The molecule has 19 heavy (non-hydrogen) atoms. The average Bonchev–Trinajstić information content (AvgIpc) is 2.46. The largest absolute Gasteiger partial charge is 0.289 e. The van der Waals surface area contributed by atoms with E-state index in [2.05, 4.69) is 26.0 Å². The number of ketones is 1. The maximum absolute atomic E-state index is 12.4.